The molecule has 0 aliphatic rings. The van der Waals surface area contributed by atoms with Gasteiger partial charge in [0.1, 0.15) is 0 Å². The van der Waals surface area contributed by atoms with Gasteiger partial charge in [0.25, 0.3) is 7.48 Å². The summed E-state index contributed by atoms with van der Waals surface area (Å²) in [5, 5.41) is 9.06. The third kappa shape index (κ3) is 5.46. The summed E-state index contributed by atoms with van der Waals surface area (Å²) in [6.45, 7) is -0.0538. The minimum Gasteiger partial charge on any atom is -0.427 e. The summed E-state index contributed by atoms with van der Waals surface area (Å²) < 4.78 is 42.0. The largest absolute Gasteiger partial charge is 0.427 e. The zero-order chi connectivity index (χ0) is 14.3. The average Bonchev–Trinajstić information content (AvgIpc) is 2.38. The molecule has 1 atom stereocenters. The van der Waals surface area contributed by atoms with Crippen LogP contribution in [0.4, 0.5) is 13.2 Å². The molecule has 7 heteroatoms. The second kappa shape index (κ2) is 7.32. The highest BCUT2D eigenvalue weighted by atomic mass is 19.4. The van der Waals surface area contributed by atoms with Crippen molar-refractivity contribution >= 4 is 13.6 Å². The molecule has 0 aromatic heterocycles. The molecule has 0 heterocycles. The van der Waals surface area contributed by atoms with E-state index < -0.39 is 11.7 Å². The van der Waals surface area contributed by atoms with Crippen molar-refractivity contribution < 1.29 is 22.9 Å². The first kappa shape index (κ1) is 15.8. The third-order valence-corrected chi connectivity index (χ3v) is 2.48. The molecule has 3 N–H and O–H groups in total. The van der Waals surface area contributed by atoms with Crippen molar-refractivity contribution in [2.75, 3.05) is 13.3 Å². The lowest BCUT2D eigenvalue weighted by Crippen LogP contribution is -2.14. The highest BCUT2D eigenvalue weighted by Gasteiger charge is 2.29. The monoisotopic (exact) mass is 273 g/mol. The molecule has 0 spiro atoms. The predicted octanol–water partition coefficient (Wildman–Crippen LogP) is 1.78. The molecular weight excluding hydrogens is 258 g/mol. The van der Waals surface area contributed by atoms with Gasteiger partial charge >= 0.3 is 6.18 Å². The summed E-state index contributed by atoms with van der Waals surface area (Å²) >= 11 is 0. The Morgan fingerprint density at radius 3 is 2.42 bits per heavy atom. The number of rotatable bonds is 6. The summed E-state index contributed by atoms with van der Waals surface area (Å²) in [5.41, 5.74) is 5.10. The van der Waals surface area contributed by atoms with Crippen LogP contribution in [0.5, 0.6) is 0 Å². The van der Waals surface area contributed by atoms with Crippen LogP contribution in [0.3, 0.4) is 0 Å². The first-order valence-electron chi connectivity index (χ1n) is 5.71. The van der Waals surface area contributed by atoms with Gasteiger partial charge < -0.3 is 15.5 Å². The molecule has 0 fully saturated rings. The topological polar surface area (TPSA) is 55.5 Å². The summed E-state index contributed by atoms with van der Waals surface area (Å²) in [7, 11) is 0.268. The van der Waals surface area contributed by atoms with E-state index in [1.165, 1.54) is 12.1 Å². The van der Waals surface area contributed by atoms with E-state index in [0.717, 1.165) is 12.1 Å². The van der Waals surface area contributed by atoms with Gasteiger partial charge in [0, 0.05) is 12.4 Å². The van der Waals surface area contributed by atoms with Crippen molar-refractivity contribution in [1.29, 1.82) is 0 Å². The van der Waals surface area contributed by atoms with Gasteiger partial charge in [-0.25, -0.2) is 0 Å². The van der Waals surface area contributed by atoms with Gasteiger partial charge in [-0.1, -0.05) is 24.3 Å². The molecule has 1 aromatic carbocycles. The van der Waals surface area contributed by atoms with E-state index in [4.69, 9.17) is 15.5 Å². The van der Waals surface area contributed by atoms with Crippen LogP contribution in [-0.4, -0.2) is 25.9 Å². The SMILES string of the molecule is NCOB[C@H](/C=C/c1ccc(C(F)(F)F)cc1)CO. The second-order valence-electron chi connectivity index (χ2n) is 3.96. The molecule has 0 saturated carbocycles. The smallest absolute Gasteiger partial charge is 0.416 e. The van der Waals surface area contributed by atoms with Gasteiger partial charge in [-0.2, -0.15) is 13.2 Å². The zero-order valence-electron chi connectivity index (χ0n) is 10.2. The first-order valence-corrected chi connectivity index (χ1v) is 5.71. The van der Waals surface area contributed by atoms with E-state index in [1.54, 1.807) is 12.2 Å². The minimum atomic E-state index is -4.33. The molecule has 0 aliphatic heterocycles. The van der Waals surface area contributed by atoms with Crippen molar-refractivity contribution in [2.24, 2.45) is 5.73 Å². The van der Waals surface area contributed by atoms with E-state index in [0.29, 0.717) is 5.56 Å². The van der Waals surface area contributed by atoms with Crippen molar-refractivity contribution in [3.8, 4) is 0 Å². The molecule has 0 bridgehead atoms. The fourth-order valence-electron chi connectivity index (χ4n) is 1.42. The van der Waals surface area contributed by atoms with Crippen LogP contribution in [0.2, 0.25) is 5.82 Å². The first-order chi connectivity index (χ1) is 8.97. The Morgan fingerprint density at radius 2 is 1.95 bits per heavy atom. The van der Waals surface area contributed by atoms with E-state index in [9.17, 15) is 13.2 Å². The molecule has 104 valence electrons. The van der Waals surface area contributed by atoms with Crippen LogP contribution in [0, 0.1) is 0 Å². The van der Waals surface area contributed by atoms with Gasteiger partial charge in [-0.05, 0) is 17.7 Å². The standard InChI is InChI=1S/C12H15BF3NO2/c14-12(15,16)10-4-1-9(2-5-10)3-6-11(7-18)13-19-8-17/h1-6,11,13,18H,7-8,17H2/b6-3+/t11-/m1/s1. The molecule has 1 aromatic rings. The fraction of sp³-hybridized carbons (Fsp3) is 0.333. The number of halogens is 3. The zero-order valence-corrected chi connectivity index (χ0v) is 10.2. The van der Waals surface area contributed by atoms with Gasteiger partial charge in [-0.15, -0.1) is 0 Å². The maximum Gasteiger partial charge on any atom is 0.416 e. The normalized spacial score (nSPS) is 13.7. The fourth-order valence-corrected chi connectivity index (χ4v) is 1.42. The average molecular weight is 273 g/mol. The second-order valence-corrected chi connectivity index (χ2v) is 3.96. The van der Waals surface area contributed by atoms with Crippen LogP contribution >= 0.6 is 0 Å². The number of aliphatic hydroxyl groups is 1. The number of hydrogen-bond acceptors (Lipinski definition) is 3. The van der Waals surface area contributed by atoms with Gasteiger partial charge in [0.2, 0.25) is 0 Å². The lowest BCUT2D eigenvalue weighted by Gasteiger charge is -2.08. The van der Waals surface area contributed by atoms with Crippen LogP contribution in [0.15, 0.2) is 30.3 Å². The molecule has 3 nitrogen and oxygen atoms in total. The Labute approximate surface area is 110 Å². The van der Waals surface area contributed by atoms with E-state index in [1.807, 2.05) is 0 Å². The van der Waals surface area contributed by atoms with Gasteiger partial charge in [-0.3, -0.25) is 0 Å². The molecule has 0 saturated heterocycles. The van der Waals surface area contributed by atoms with Crippen LogP contribution in [0.25, 0.3) is 6.08 Å². The highest BCUT2D eigenvalue weighted by molar-refractivity contribution is 6.30. The maximum absolute atomic E-state index is 12.3. The lowest BCUT2D eigenvalue weighted by atomic mass is 9.80. The van der Waals surface area contributed by atoms with Gasteiger partial charge in [0.05, 0.1) is 12.3 Å². The van der Waals surface area contributed by atoms with Crippen molar-refractivity contribution in [1.82, 2.24) is 0 Å². The summed E-state index contributed by atoms with van der Waals surface area (Å²) in [6, 6.07) is 4.78. The number of nitrogens with two attached hydrogens (primary N) is 1. The molecule has 1 rings (SSSR count). The quantitative estimate of drug-likeness (QED) is 0.613. The van der Waals surface area contributed by atoms with E-state index in [2.05, 4.69) is 0 Å². The molecule has 0 aliphatic carbocycles. The van der Waals surface area contributed by atoms with E-state index >= 15 is 0 Å². The Kier molecular flexibility index (Phi) is 6.07. The Bertz CT molecular complexity index is 406. The third-order valence-electron chi connectivity index (χ3n) is 2.48. The molecule has 0 amide bonds. The Balaban J connectivity index is 2.66. The number of benzene rings is 1. The van der Waals surface area contributed by atoms with Crippen molar-refractivity contribution in [3.05, 3.63) is 41.5 Å². The number of aliphatic hydroxyl groups excluding tert-OH is 1. The van der Waals surface area contributed by atoms with Gasteiger partial charge in [0.15, 0.2) is 0 Å². The maximum atomic E-state index is 12.3. The van der Waals surface area contributed by atoms with Crippen molar-refractivity contribution in [2.45, 2.75) is 12.0 Å². The number of hydrogen-bond donors (Lipinski definition) is 2. The minimum absolute atomic E-state index is 0.0601. The Morgan fingerprint density at radius 1 is 1.32 bits per heavy atom. The van der Waals surface area contributed by atoms with Crippen LogP contribution < -0.4 is 5.73 Å². The van der Waals surface area contributed by atoms with Crippen LogP contribution in [0.1, 0.15) is 11.1 Å². The lowest BCUT2D eigenvalue weighted by molar-refractivity contribution is -0.137. The predicted molar refractivity (Wildman–Crippen MR) is 68.6 cm³/mol. The van der Waals surface area contributed by atoms with Crippen molar-refractivity contribution in [3.63, 3.8) is 0 Å². The molecule has 0 unspecified atom stereocenters. The molecule has 0 radical (unpaired) electrons. The van der Waals surface area contributed by atoms with Crippen LogP contribution in [-0.2, 0) is 10.8 Å². The van der Waals surface area contributed by atoms with E-state index in [-0.39, 0.29) is 26.6 Å². The molecular formula is C12H15BF3NO2. The molecule has 19 heavy (non-hydrogen) atoms. The summed E-state index contributed by atoms with van der Waals surface area (Å²) in [4.78, 5) is 0. The summed E-state index contributed by atoms with van der Waals surface area (Å²) in [6.07, 6.45) is -1.01. The highest BCUT2D eigenvalue weighted by Crippen LogP contribution is 2.29. The number of alkyl halides is 3. The Hall–Kier alpha value is -1.31. The summed E-state index contributed by atoms with van der Waals surface area (Å²) in [5.74, 6) is -0.231.